The first-order chi connectivity index (χ1) is 9.86. The van der Waals surface area contributed by atoms with Gasteiger partial charge in [-0.15, -0.1) is 0 Å². The van der Waals surface area contributed by atoms with Crippen molar-refractivity contribution in [1.82, 2.24) is 0 Å². The van der Waals surface area contributed by atoms with Crippen LogP contribution in [0.1, 0.15) is 0 Å². The van der Waals surface area contributed by atoms with Crippen LogP contribution in [0, 0.1) is 0 Å². The molecular weight excluding hydrogens is 327 g/mol. The van der Waals surface area contributed by atoms with E-state index in [0.29, 0.717) is 0 Å². The van der Waals surface area contributed by atoms with Gasteiger partial charge < -0.3 is 0 Å². The molecule has 20 heavy (non-hydrogen) atoms. The van der Waals surface area contributed by atoms with Gasteiger partial charge in [0.15, 0.2) is 0 Å². The molecule has 98 valence electrons. The van der Waals surface area contributed by atoms with Crippen molar-refractivity contribution in [2.24, 2.45) is 0 Å². The average molecular weight is 341 g/mol. The molecule has 0 aliphatic heterocycles. The Hall–Kier alpha value is -1.49. The van der Waals surface area contributed by atoms with Crippen molar-refractivity contribution in [2.45, 2.75) is 0 Å². The van der Waals surface area contributed by atoms with E-state index in [2.05, 4.69) is 72.8 Å². The van der Waals surface area contributed by atoms with Crippen LogP contribution in [0.5, 0.6) is 0 Å². The normalized spacial score (nSPS) is 10.7. The fourth-order valence-electron chi connectivity index (χ4n) is 2.21. The van der Waals surface area contributed by atoms with Gasteiger partial charge in [-0.1, -0.05) is 0 Å². The van der Waals surface area contributed by atoms with Crippen molar-refractivity contribution < 1.29 is 0 Å². The van der Waals surface area contributed by atoms with Gasteiger partial charge in [0.25, 0.3) is 0 Å². The summed E-state index contributed by atoms with van der Waals surface area (Å²) in [6.07, 6.45) is 0. The summed E-state index contributed by atoms with van der Waals surface area (Å²) in [6.45, 7) is 0. The van der Waals surface area contributed by atoms with Gasteiger partial charge in [0.1, 0.15) is 0 Å². The van der Waals surface area contributed by atoms with Crippen molar-refractivity contribution in [3.05, 3.63) is 90.0 Å². The molecule has 0 radical (unpaired) electrons. The quantitative estimate of drug-likeness (QED) is 0.643. The fraction of sp³-hybridized carbons (Fsp3) is 0. The van der Waals surface area contributed by atoms with Crippen molar-refractivity contribution in [2.75, 3.05) is 0 Å². The zero-order valence-corrected chi connectivity index (χ0v) is 13.5. The summed E-state index contributed by atoms with van der Waals surface area (Å²) in [5, 5.41) is 0.875. The summed E-state index contributed by atoms with van der Waals surface area (Å²) in [6, 6.07) is 29.7. The van der Waals surface area contributed by atoms with Crippen LogP contribution < -0.4 is 13.1 Å². The van der Waals surface area contributed by atoms with E-state index in [9.17, 15) is 0 Å². The molecule has 3 aromatic rings. The third-order valence-electron chi connectivity index (χ3n) is 3.12. The van der Waals surface area contributed by atoms with Crippen LogP contribution in [0.3, 0.4) is 0 Å². The summed E-state index contributed by atoms with van der Waals surface area (Å²) < 4.78 is 4.10. The molecule has 0 bridgehead atoms. The Morgan fingerprint density at radius 1 is 0.550 bits per heavy atom. The van der Waals surface area contributed by atoms with Crippen molar-refractivity contribution >= 4 is 39.3 Å². The minimum atomic E-state index is -1.56. The van der Waals surface area contributed by atoms with Crippen LogP contribution in [0.15, 0.2) is 84.9 Å². The van der Waals surface area contributed by atoms with Gasteiger partial charge in [-0.3, -0.25) is 0 Å². The van der Waals surface area contributed by atoms with Gasteiger partial charge >= 0.3 is 129 Å². The molecule has 0 saturated carbocycles. The molecule has 0 aliphatic carbocycles. The van der Waals surface area contributed by atoms with E-state index in [1.54, 1.807) is 0 Å². The molecule has 3 aromatic carbocycles. The Kier molecular flexibility index (Phi) is 4.25. The van der Waals surface area contributed by atoms with Crippen molar-refractivity contribution in [1.29, 1.82) is 0 Å². The average Bonchev–Trinajstić information content (AvgIpc) is 2.52. The van der Waals surface area contributed by atoms with E-state index in [1.165, 1.54) is 13.1 Å². The SMILES string of the molecule is Clc1ccccc1[As](c1ccccc1)c1ccccc1. The zero-order chi connectivity index (χ0) is 13.8. The molecule has 0 saturated heterocycles. The molecule has 0 atom stereocenters. The molecule has 3 rings (SSSR count). The van der Waals surface area contributed by atoms with E-state index in [0.717, 1.165) is 5.02 Å². The maximum absolute atomic E-state index is 6.46. The van der Waals surface area contributed by atoms with Gasteiger partial charge in [-0.2, -0.15) is 0 Å². The van der Waals surface area contributed by atoms with E-state index < -0.39 is 14.7 Å². The number of hydrogen-bond donors (Lipinski definition) is 0. The molecule has 0 spiro atoms. The molecule has 0 amide bonds. The number of halogens is 1. The molecule has 0 fully saturated rings. The molecule has 0 nitrogen and oxygen atoms in total. The first kappa shape index (κ1) is 13.5. The van der Waals surface area contributed by atoms with Crippen LogP contribution in [0.25, 0.3) is 0 Å². The maximum atomic E-state index is 6.46. The Morgan fingerprint density at radius 3 is 1.50 bits per heavy atom. The van der Waals surface area contributed by atoms with E-state index in [-0.39, 0.29) is 0 Å². The molecule has 2 heteroatoms. The Morgan fingerprint density at radius 2 is 1.00 bits per heavy atom. The van der Waals surface area contributed by atoms with Gasteiger partial charge in [-0.05, 0) is 0 Å². The number of hydrogen-bond acceptors (Lipinski definition) is 0. The predicted octanol–water partition coefficient (Wildman–Crippen LogP) is 2.86. The van der Waals surface area contributed by atoms with Crippen LogP contribution >= 0.6 is 11.6 Å². The molecule has 0 N–H and O–H groups in total. The predicted molar refractivity (Wildman–Crippen MR) is 89.0 cm³/mol. The molecular formula is C18H14AsCl. The van der Waals surface area contributed by atoms with Crippen molar-refractivity contribution in [3.8, 4) is 0 Å². The monoisotopic (exact) mass is 340 g/mol. The third-order valence-corrected chi connectivity index (χ3v) is 8.99. The van der Waals surface area contributed by atoms with Gasteiger partial charge in [0.05, 0.1) is 0 Å². The Labute approximate surface area is 129 Å². The molecule has 0 aliphatic rings. The van der Waals surface area contributed by atoms with E-state index in [1.807, 2.05) is 12.1 Å². The number of benzene rings is 3. The Balaban J connectivity index is 2.17. The summed E-state index contributed by atoms with van der Waals surface area (Å²) in [4.78, 5) is 0. The second kappa shape index (κ2) is 6.31. The van der Waals surface area contributed by atoms with Gasteiger partial charge in [0, 0.05) is 0 Å². The van der Waals surface area contributed by atoms with Crippen LogP contribution in [-0.2, 0) is 0 Å². The zero-order valence-electron chi connectivity index (χ0n) is 10.9. The first-order valence-corrected chi connectivity index (χ1v) is 9.70. The topological polar surface area (TPSA) is 0 Å². The summed E-state index contributed by atoms with van der Waals surface area (Å²) >= 11 is 4.89. The second-order valence-electron chi connectivity index (χ2n) is 4.46. The Bertz CT molecular complexity index is 641. The second-order valence-corrected chi connectivity index (χ2v) is 9.45. The van der Waals surface area contributed by atoms with Crippen molar-refractivity contribution in [3.63, 3.8) is 0 Å². The van der Waals surface area contributed by atoms with Gasteiger partial charge in [-0.25, -0.2) is 0 Å². The van der Waals surface area contributed by atoms with Crippen LogP contribution in [0.4, 0.5) is 0 Å². The standard InChI is InChI=1S/C18H14AsCl/c20-18-14-8-7-13-17(18)19(15-9-3-1-4-10-15)16-11-5-2-6-12-16/h1-14H. The third kappa shape index (κ3) is 2.82. The fourth-order valence-corrected chi connectivity index (χ4v) is 7.65. The van der Waals surface area contributed by atoms with Crippen LogP contribution in [-0.4, -0.2) is 14.7 Å². The molecule has 0 aromatic heterocycles. The summed E-state index contributed by atoms with van der Waals surface area (Å²) in [7, 11) is 0. The first-order valence-electron chi connectivity index (χ1n) is 6.51. The van der Waals surface area contributed by atoms with E-state index >= 15 is 0 Å². The molecule has 0 unspecified atom stereocenters. The summed E-state index contributed by atoms with van der Waals surface area (Å²) in [5.41, 5.74) is 0. The van der Waals surface area contributed by atoms with Gasteiger partial charge in [0.2, 0.25) is 0 Å². The molecule has 0 heterocycles. The minimum absolute atomic E-state index is 0.875. The summed E-state index contributed by atoms with van der Waals surface area (Å²) in [5.74, 6) is 0. The van der Waals surface area contributed by atoms with Crippen LogP contribution in [0.2, 0.25) is 5.02 Å². The van der Waals surface area contributed by atoms with E-state index in [4.69, 9.17) is 11.6 Å². The number of rotatable bonds is 3.